The first-order chi connectivity index (χ1) is 32.1. The number of hydrogen-bond donors (Lipinski definition) is 0. The van der Waals surface area contributed by atoms with Crippen molar-refractivity contribution in [1.29, 1.82) is 0 Å². The molecular weight excluding hydrogens is 789 g/mol. The van der Waals surface area contributed by atoms with Crippen molar-refractivity contribution in [3.63, 3.8) is 0 Å². The molecular formula is C62H44N2O. The molecule has 0 aliphatic heterocycles. The quantitative estimate of drug-likeness (QED) is 0.152. The molecule has 3 nitrogen and oxygen atoms in total. The fourth-order valence-corrected chi connectivity index (χ4v) is 10.1. The van der Waals surface area contributed by atoms with Gasteiger partial charge < -0.3 is 13.9 Å². The topological polar surface area (TPSA) is 21.3 Å². The van der Waals surface area contributed by atoms with Gasteiger partial charge in [0.2, 0.25) is 0 Å². The summed E-state index contributed by atoms with van der Waals surface area (Å²) in [6.07, 6.45) is 0. The van der Waals surface area contributed by atoms with E-state index in [1.807, 2.05) is 0 Å². The van der Waals surface area contributed by atoms with Crippen molar-refractivity contribution in [3.05, 3.63) is 242 Å². The zero-order valence-electron chi connectivity index (χ0n) is 36.2. The summed E-state index contributed by atoms with van der Waals surface area (Å²) in [7, 11) is 0. The fraction of sp³-hybridized carbons (Fsp3) is 0.0323. The van der Waals surface area contributed by atoms with Crippen LogP contribution in [0.2, 0.25) is 0 Å². The number of para-hydroxylation sites is 4. The summed E-state index contributed by atoms with van der Waals surface area (Å²) in [5.41, 5.74) is 19.9. The molecule has 0 unspecified atom stereocenters. The normalized spacial score (nSPS) is 11.5. The first-order valence-electron chi connectivity index (χ1n) is 22.3. The molecule has 0 saturated carbocycles. The molecule has 0 N–H and O–H groups in total. The lowest BCUT2D eigenvalue weighted by atomic mass is 9.92. The molecule has 0 fully saturated rings. The molecule has 0 spiro atoms. The van der Waals surface area contributed by atoms with Crippen LogP contribution in [0, 0.1) is 13.8 Å². The molecule has 0 aliphatic carbocycles. The number of anilines is 3. The van der Waals surface area contributed by atoms with Crippen LogP contribution in [0.4, 0.5) is 17.1 Å². The highest BCUT2D eigenvalue weighted by Gasteiger charge is 2.27. The molecule has 10 aromatic carbocycles. The van der Waals surface area contributed by atoms with Crippen LogP contribution in [-0.4, -0.2) is 4.57 Å². The Balaban J connectivity index is 1.16. The van der Waals surface area contributed by atoms with E-state index in [4.69, 9.17) is 4.42 Å². The molecule has 0 radical (unpaired) electrons. The van der Waals surface area contributed by atoms with Crippen LogP contribution in [0.15, 0.2) is 235 Å². The molecule has 12 rings (SSSR count). The molecule has 12 aromatic rings. The Kier molecular flexibility index (Phi) is 9.28. The minimum atomic E-state index is 0.847. The Bertz CT molecular complexity index is 3680. The average molecular weight is 833 g/mol. The predicted molar refractivity (Wildman–Crippen MR) is 274 cm³/mol. The lowest BCUT2D eigenvalue weighted by Crippen LogP contribution is -2.14. The molecule has 65 heavy (non-hydrogen) atoms. The molecule has 3 heteroatoms. The minimum absolute atomic E-state index is 0.847. The first kappa shape index (κ1) is 38.3. The summed E-state index contributed by atoms with van der Waals surface area (Å²) in [5.74, 6) is 0. The van der Waals surface area contributed by atoms with Crippen LogP contribution in [0.1, 0.15) is 11.1 Å². The molecule has 2 aromatic heterocycles. The second kappa shape index (κ2) is 15.7. The van der Waals surface area contributed by atoms with Crippen LogP contribution in [0.3, 0.4) is 0 Å². The van der Waals surface area contributed by atoms with Crippen LogP contribution in [-0.2, 0) is 0 Å². The van der Waals surface area contributed by atoms with Crippen molar-refractivity contribution in [2.45, 2.75) is 13.8 Å². The highest BCUT2D eigenvalue weighted by molar-refractivity contribution is 6.18. The monoisotopic (exact) mass is 832 g/mol. The van der Waals surface area contributed by atoms with Gasteiger partial charge in [-0.05, 0) is 113 Å². The van der Waals surface area contributed by atoms with Gasteiger partial charge in [-0.2, -0.15) is 0 Å². The molecule has 0 saturated heterocycles. The highest BCUT2D eigenvalue weighted by Crippen LogP contribution is 2.51. The predicted octanol–water partition coefficient (Wildman–Crippen LogP) is 17.4. The Labute approximate surface area is 378 Å². The summed E-state index contributed by atoms with van der Waals surface area (Å²) in [6, 6.07) is 83.1. The van der Waals surface area contributed by atoms with Crippen molar-refractivity contribution in [1.82, 2.24) is 4.57 Å². The highest BCUT2D eigenvalue weighted by atomic mass is 16.3. The molecule has 0 atom stereocenters. The smallest absolute Gasteiger partial charge is 0.145 e. The van der Waals surface area contributed by atoms with Gasteiger partial charge in [0.25, 0.3) is 0 Å². The van der Waals surface area contributed by atoms with Crippen LogP contribution < -0.4 is 4.90 Å². The minimum Gasteiger partial charge on any atom is -0.455 e. The molecule has 308 valence electrons. The number of hydrogen-bond acceptors (Lipinski definition) is 2. The van der Waals surface area contributed by atoms with E-state index in [1.54, 1.807) is 0 Å². The number of fused-ring (bicyclic) bond motifs is 6. The largest absolute Gasteiger partial charge is 0.455 e. The van der Waals surface area contributed by atoms with E-state index in [1.165, 1.54) is 49.6 Å². The lowest BCUT2D eigenvalue weighted by Gasteiger charge is -2.31. The number of aryl methyl sites for hydroxylation is 2. The van der Waals surface area contributed by atoms with E-state index in [2.05, 4.69) is 254 Å². The first-order valence-corrected chi connectivity index (χ1v) is 22.3. The second-order valence-corrected chi connectivity index (χ2v) is 16.9. The molecule has 0 bridgehead atoms. The molecule has 2 heterocycles. The Hall–Kier alpha value is -8.40. The van der Waals surface area contributed by atoms with Crippen LogP contribution >= 0.6 is 0 Å². The SMILES string of the molecule is Cc1cc(N(c2c(C)cc(-c3ccccc3)cc2-c2ccccc2)c2ccc(-c3ccccc3-n3c4ccccc4c4ccccc43)c3oc4ccccc4c23)ccc1-c1ccccc1. The van der Waals surface area contributed by atoms with E-state index < -0.39 is 0 Å². The van der Waals surface area contributed by atoms with Gasteiger partial charge in [0.15, 0.2) is 0 Å². The van der Waals surface area contributed by atoms with Gasteiger partial charge in [0.1, 0.15) is 11.2 Å². The van der Waals surface area contributed by atoms with Gasteiger partial charge in [-0.3, -0.25) is 0 Å². The third-order valence-corrected chi connectivity index (χ3v) is 13.0. The van der Waals surface area contributed by atoms with Crippen molar-refractivity contribution < 1.29 is 4.42 Å². The van der Waals surface area contributed by atoms with E-state index in [0.717, 1.165) is 72.5 Å². The van der Waals surface area contributed by atoms with Crippen molar-refractivity contribution >= 4 is 60.8 Å². The van der Waals surface area contributed by atoms with Gasteiger partial charge >= 0.3 is 0 Å². The van der Waals surface area contributed by atoms with Gasteiger partial charge in [-0.25, -0.2) is 0 Å². The third-order valence-electron chi connectivity index (χ3n) is 13.0. The zero-order valence-corrected chi connectivity index (χ0v) is 36.2. The number of rotatable bonds is 8. The average Bonchev–Trinajstić information content (AvgIpc) is 3.92. The van der Waals surface area contributed by atoms with E-state index >= 15 is 0 Å². The zero-order chi connectivity index (χ0) is 43.4. The maximum Gasteiger partial charge on any atom is 0.145 e. The van der Waals surface area contributed by atoms with Crippen molar-refractivity contribution in [2.75, 3.05) is 4.90 Å². The third kappa shape index (κ3) is 6.43. The van der Waals surface area contributed by atoms with Gasteiger partial charge in [0.05, 0.1) is 33.5 Å². The standard InChI is InChI=1S/C62H44N2O/c1-41-39-47(34-35-48(41)44-22-8-4-9-23-44)63(61-42(2)38-46(43-20-6-3-7-21-43)40-54(61)45-24-10-5-11-25-45)58-37-36-52(62-60(58)53-29-15-19-33-59(53)65-62)51-28-14-18-32-57(51)64-55-30-16-12-26-49(55)50-27-13-17-31-56(50)64/h3-40H,1-2H3. The van der Waals surface area contributed by atoms with Gasteiger partial charge in [-0.15, -0.1) is 0 Å². The summed E-state index contributed by atoms with van der Waals surface area (Å²) in [5, 5.41) is 4.59. The van der Waals surface area contributed by atoms with Gasteiger partial charge in [-0.1, -0.05) is 170 Å². The Morgan fingerprint density at radius 2 is 0.938 bits per heavy atom. The van der Waals surface area contributed by atoms with E-state index in [9.17, 15) is 0 Å². The summed E-state index contributed by atoms with van der Waals surface area (Å²) in [6.45, 7) is 4.48. The lowest BCUT2D eigenvalue weighted by molar-refractivity contribution is 0.670. The number of nitrogens with zero attached hydrogens (tertiary/aromatic N) is 2. The van der Waals surface area contributed by atoms with E-state index in [-0.39, 0.29) is 0 Å². The molecule has 0 amide bonds. The van der Waals surface area contributed by atoms with Crippen molar-refractivity contribution in [3.8, 4) is 50.2 Å². The number of furan rings is 1. The second-order valence-electron chi connectivity index (χ2n) is 16.9. The van der Waals surface area contributed by atoms with E-state index in [0.29, 0.717) is 0 Å². The summed E-state index contributed by atoms with van der Waals surface area (Å²) < 4.78 is 9.55. The van der Waals surface area contributed by atoms with Gasteiger partial charge in [0, 0.05) is 38.5 Å². The Morgan fingerprint density at radius 1 is 0.385 bits per heavy atom. The fourth-order valence-electron chi connectivity index (χ4n) is 10.1. The van der Waals surface area contributed by atoms with Crippen molar-refractivity contribution in [2.24, 2.45) is 0 Å². The van der Waals surface area contributed by atoms with Crippen LogP contribution in [0.25, 0.3) is 93.9 Å². The maximum absolute atomic E-state index is 7.13. The molecule has 0 aliphatic rings. The number of aromatic nitrogens is 1. The number of benzene rings is 10. The summed E-state index contributed by atoms with van der Waals surface area (Å²) in [4.78, 5) is 2.49. The van der Waals surface area contributed by atoms with Crippen LogP contribution in [0.5, 0.6) is 0 Å². The Morgan fingerprint density at radius 3 is 1.62 bits per heavy atom. The summed E-state index contributed by atoms with van der Waals surface area (Å²) >= 11 is 0. The maximum atomic E-state index is 7.13.